The highest BCUT2D eigenvalue weighted by Gasteiger charge is 2.35. The molecular weight excluding hydrogens is 550 g/mol. The predicted molar refractivity (Wildman–Crippen MR) is 170 cm³/mol. The van der Waals surface area contributed by atoms with Gasteiger partial charge < -0.3 is 15.5 Å². The van der Waals surface area contributed by atoms with E-state index in [4.69, 9.17) is 11.1 Å². The van der Waals surface area contributed by atoms with Crippen LogP contribution in [0.2, 0.25) is 0 Å². The van der Waals surface area contributed by atoms with Crippen LogP contribution in [0.3, 0.4) is 0 Å². The van der Waals surface area contributed by atoms with E-state index in [2.05, 4.69) is 18.6 Å². The van der Waals surface area contributed by atoms with Gasteiger partial charge >= 0.3 is 0 Å². The first kappa shape index (κ1) is 35.7. The molecule has 1 aromatic carbocycles. The first-order valence-corrected chi connectivity index (χ1v) is 16.9. The Morgan fingerprint density at radius 2 is 1.40 bits per heavy atom. The Labute approximate surface area is 254 Å². The highest BCUT2D eigenvalue weighted by atomic mass is 32.2. The molecule has 0 aliphatic carbocycles. The number of nitrogens with two attached hydrogens (primary N) is 1. The molecule has 9 nitrogen and oxygen atoms in total. The molecule has 0 saturated carbocycles. The van der Waals surface area contributed by atoms with Gasteiger partial charge in [-0.05, 0) is 52.7 Å². The highest BCUT2D eigenvalue weighted by Crippen LogP contribution is 2.35. The molecule has 1 fully saturated rings. The maximum Gasteiger partial charge on any atom is 0.241 e. The van der Waals surface area contributed by atoms with E-state index in [9.17, 15) is 18.0 Å². The average Bonchev–Trinajstić information content (AvgIpc) is 2.87. The monoisotopic (exact) mass is 605 g/mol. The molecule has 1 aliphatic heterocycles. The normalized spacial score (nSPS) is 15.5. The molecular formula is C32H55N5O4S. The fraction of sp³-hybridized carbons (Fsp3) is 0.719. The fourth-order valence-corrected chi connectivity index (χ4v) is 7.23. The van der Waals surface area contributed by atoms with E-state index in [1.165, 1.54) is 0 Å². The zero-order valence-corrected chi connectivity index (χ0v) is 28.2. The summed E-state index contributed by atoms with van der Waals surface area (Å²) < 4.78 is 31.2. The van der Waals surface area contributed by atoms with Crippen molar-refractivity contribution in [3.05, 3.63) is 28.8 Å². The zero-order chi connectivity index (χ0) is 32.0. The Bertz CT molecular complexity index is 1180. The van der Waals surface area contributed by atoms with E-state index in [-0.39, 0.29) is 45.7 Å². The van der Waals surface area contributed by atoms with Crippen LogP contribution in [-0.4, -0.2) is 68.1 Å². The van der Waals surface area contributed by atoms with E-state index in [0.717, 1.165) is 16.7 Å². The summed E-state index contributed by atoms with van der Waals surface area (Å²) in [5.41, 5.74) is 8.01. The standard InChI is InChI=1S/C32H55N5O4S/c1-21(2)24-18-25(22(3)4)30(26(19-24)23(5)6)42(40,41)35-27(12-10-11-13-28(33)34)31(39)37-16-14-36(15-17-37)29(38)20-32(7,8)9/h18-19,21-23,27,35H,10-17,20H2,1-9H3,(H3,33,34)/t27-/m0/s1. The summed E-state index contributed by atoms with van der Waals surface area (Å²) in [7, 11) is -4.06. The van der Waals surface area contributed by atoms with Gasteiger partial charge in [-0.3, -0.25) is 15.0 Å². The molecule has 1 aliphatic rings. The van der Waals surface area contributed by atoms with Crippen LogP contribution in [0.5, 0.6) is 0 Å². The van der Waals surface area contributed by atoms with Gasteiger partial charge in [-0.2, -0.15) is 4.72 Å². The van der Waals surface area contributed by atoms with Crippen LogP contribution in [0.15, 0.2) is 17.0 Å². The Hall–Kier alpha value is -2.46. The first-order chi connectivity index (χ1) is 19.3. The van der Waals surface area contributed by atoms with Crippen molar-refractivity contribution in [1.82, 2.24) is 14.5 Å². The van der Waals surface area contributed by atoms with Gasteiger partial charge in [-0.25, -0.2) is 8.42 Å². The van der Waals surface area contributed by atoms with Crippen molar-refractivity contribution >= 4 is 27.7 Å². The lowest BCUT2D eigenvalue weighted by molar-refractivity contribution is -0.141. The largest absolute Gasteiger partial charge is 0.388 e. The number of carbonyl (C=O) groups is 2. The molecule has 1 atom stereocenters. The molecule has 0 radical (unpaired) electrons. The number of sulfonamides is 1. The van der Waals surface area contributed by atoms with Crippen LogP contribution >= 0.6 is 0 Å². The van der Waals surface area contributed by atoms with E-state index >= 15 is 0 Å². The SMILES string of the molecule is CC(C)c1cc(C(C)C)c(S(=O)(=O)N[C@@H](CCCCC(=N)N)C(=O)N2CCN(C(=O)CC(C)(C)C)CC2)c(C(C)C)c1. The number of nitrogens with zero attached hydrogens (tertiary/aromatic N) is 2. The Morgan fingerprint density at radius 3 is 1.83 bits per heavy atom. The summed E-state index contributed by atoms with van der Waals surface area (Å²) in [6, 6.07) is 3.03. The van der Waals surface area contributed by atoms with Gasteiger partial charge in [0.05, 0.1) is 10.7 Å². The van der Waals surface area contributed by atoms with Crippen molar-refractivity contribution in [1.29, 1.82) is 5.41 Å². The maximum atomic E-state index is 14.2. The molecule has 0 aromatic heterocycles. The molecule has 2 rings (SSSR count). The van der Waals surface area contributed by atoms with E-state index < -0.39 is 16.1 Å². The number of nitrogens with one attached hydrogen (secondary N) is 2. The Balaban J connectivity index is 2.39. The van der Waals surface area contributed by atoms with Crippen molar-refractivity contribution in [2.45, 2.75) is 123 Å². The number of amides is 2. The number of unbranched alkanes of at least 4 members (excludes halogenated alkanes) is 1. The number of amidine groups is 1. The molecule has 0 spiro atoms. The molecule has 0 unspecified atom stereocenters. The first-order valence-electron chi connectivity index (χ1n) is 15.4. The number of piperazine rings is 1. The molecule has 2 amide bonds. The molecule has 42 heavy (non-hydrogen) atoms. The van der Waals surface area contributed by atoms with Crippen molar-refractivity contribution in [2.75, 3.05) is 26.2 Å². The minimum absolute atomic E-state index is 0.0313. The van der Waals surface area contributed by atoms with Crippen LogP contribution < -0.4 is 10.5 Å². The fourth-order valence-electron chi connectivity index (χ4n) is 5.30. The molecule has 4 N–H and O–H groups in total. The number of carbonyl (C=O) groups excluding carboxylic acids is 2. The summed E-state index contributed by atoms with van der Waals surface area (Å²) in [6.07, 6.45) is 2.27. The number of rotatable bonds is 13. The summed E-state index contributed by atoms with van der Waals surface area (Å²) in [5.74, 6) is 0.0493. The second kappa shape index (κ2) is 14.8. The van der Waals surface area contributed by atoms with Crippen LogP contribution in [0.1, 0.15) is 129 Å². The predicted octanol–water partition coefficient (Wildman–Crippen LogP) is 5.31. The van der Waals surface area contributed by atoms with Gasteiger partial charge in [0.15, 0.2) is 0 Å². The van der Waals surface area contributed by atoms with Gasteiger partial charge in [0.2, 0.25) is 21.8 Å². The Kier molecular flexibility index (Phi) is 12.6. The number of hydrogen-bond acceptors (Lipinski definition) is 5. The number of hydrogen-bond donors (Lipinski definition) is 3. The van der Waals surface area contributed by atoms with Crippen molar-refractivity contribution in [2.24, 2.45) is 11.1 Å². The van der Waals surface area contributed by atoms with Crippen molar-refractivity contribution < 1.29 is 18.0 Å². The smallest absolute Gasteiger partial charge is 0.241 e. The topological polar surface area (TPSA) is 137 Å². The number of benzene rings is 1. The molecule has 1 heterocycles. The zero-order valence-electron chi connectivity index (χ0n) is 27.3. The molecule has 1 aromatic rings. The Morgan fingerprint density at radius 1 is 0.905 bits per heavy atom. The summed E-state index contributed by atoms with van der Waals surface area (Å²) >= 11 is 0. The van der Waals surface area contributed by atoms with E-state index in [1.54, 1.807) is 9.80 Å². The summed E-state index contributed by atoms with van der Waals surface area (Å²) in [6.45, 7) is 19.8. The van der Waals surface area contributed by atoms with Gasteiger partial charge in [0.25, 0.3) is 0 Å². The molecule has 0 bridgehead atoms. The summed E-state index contributed by atoms with van der Waals surface area (Å²) in [5, 5.41) is 7.52. The van der Waals surface area contributed by atoms with Crippen LogP contribution in [0, 0.1) is 10.8 Å². The lowest BCUT2D eigenvalue weighted by atomic mass is 9.89. The third-order valence-electron chi connectivity index (χ3n) is 7.76. The van der Waals surface area contributed by atoms with Gasteiger partial charge in [0.1, 0.15) is 6.04 Å². The minimum Gasteiger partial charge on any atom is -0.388 e. The highest BCUT2D eigenvalue weighted by molar-refractivity contribution is 7.89. The molecule has 1 saturated heterocycles. The maximum absolute atomic E-state index is 14.2. The van der Waals surface area contributed by atoms with Crippen LogP contribution in [0.25, 0.3) is 0 Å². The quantitative estimate of drug-likeness (QED) is 0.159. The van der Waals surface area contributed by atoms with Crippen molar-refractivity contribution in [3.8, 4) is 0 Å². The minimum atomic E-state index is -4.06. The van der Waals surface area contributed by atoms with Gasteiger partial charge in [-0.1, -0.05) is 80.9 Å². The third kappa shape index (κ3) is 10.1. The van der Waals surface area contributed by atoms with Crippen LogP contribution in [-0.2, 0) is 19.6 Å². The van der Waals surface area contributed by atoms with Crippen LogP contribution in [0.4, 0.5) is 0 Å². The molecule has 10 heteroatoms. The average molecular weight is 606 g/mol. The second-order valence-electron chi connectivity index (χ2n) is 13.9. The van der Waals surface area contributed by atoms with E-state index in [0.29, 0.717) is 58.3 Å². The second-order valence-corrected chi connectivity index (χ2v) is 15.5. The van der Waals surface area contributed by atoms with Gasteiger partial charge in [0, 0.05) is 39.0 Å². The van der Waals surface area contributed by atoms with Gasteiger partial charge in [-0.15, -0.1) is 0 Å². The lowest BCUT2D eigenvalue weighted by Gasteiger charge is -2.37. The molecule has 238 valence electrons. The van der Waals surface area contributed by atoms with Crippen molar-refractivity contribution in [3.63, 3.8) is 0 Å². The third-order valence-corrected chi connectivity index (χ3v) is 9.36. The lowest BCUT2D eigenvalue weighted by Crippen LogP contribution is -2.56. The summed E-state index contributed by atoms with van der Waals surface area (Å²) in [4.78, 5) is 30.3. The van der Waals surface area contributed by atoms with E-state index in [1.807, 2.05) is 60.6 Å².